The molecule has 0 aliphatic carbocycles. The fraction of sp³-hybridized carbons (Fsp3) is 0.200. The van der Waals surface area contributed by atoms with Gasteiger partial charge in [-0.2, -0.15) is 5.10 Å². The van der Waals surface area contributed by atoms with E-state index in [9.17, 15) is 0 Å². The van der Waals surface area contributed by atoms with Gasteiger partial charge in [0, 0.05) is 17.9 Å². The summed E-state index contributed by atoms with van der Waals surface area (Å²) in [6, 6.07) is 14.6. The molecule has 2 aromatic carbocycles. The molecular weight excluding hydrogens is 222 g/mol. The van der Waals surface area contributed by atoms with Crippen molar-refractivity contribution in [3.63, 3.8) is 0 Å². The van der Waals surface area contributed by atoms with Gasteiger partial charge in [-0.15, -0.1) is 5.10 Å². The Bertz CT molecular complexity index is 650. The largest absolute Gasteiger partial charge is 0.386 e. The van der Waals surface area contributed by atoms with Crippen LogP contribution < -0.4 is 5.73 Å². The van der Waals surface area contributed by atoms with E-state index in [0.29, 0.717) is 11.8 Å². The Morgan fingerprint density at radius 1 is 1.06 bits per heavy atom. The molecule has 0 bridgehead atoms. The molecule has 0 radical (unpaired) electrons. The fourth-order valence-corrected chi connectivity index (χ4v) is 2.44. The lowest BCUT2D eigenvalue weighted by molar-refractivity contribution is 0.784. The van der Waals surface area contributed by atoms with Gasteiger partial charge in [0.1, 0.15) is 5.84 Å². The van der Waals surface area contributed by atoms with Crippen LogP contribution in [-0.4, -0.2) is 11.5 Å². The lowest BCUT2D eigenvalue weighted by Crippen LogP contribution is -2.25. The molecule has 2 N–H and O–H groups in total. The van der Waals surface area contributed by atoms with E-state index in [2.05, 4.69) is 53.5 Å². The Hall–Kier alpha value is -2.16. The van der Waals surface area contributed by atoms with Crippen LogP contribution in [0.2, 0.25) is 0 Å². The summed E-state index contributed by atoms with van der Waals surface area (Å²) in [5.41, 5.74) is 7.91. The van der Waals surface area contributed by atoms with Gasteiger partial charge in [-0.05, 0) is 10.8 Å². The zero-order valence-electron chi connectivity index (χ0n) is 10.3. The molecule has 0 aromatic heterocycles. The molecule has 3 heteroatoms. The number of nitrogens with two attached hydrogens (primary N) is 1. The summed E-state index contributed by atoms with van der Waals surface area (Å²) in [5, 5.41) is 10.8. The van der Waals surface area contributed by atoms with Crippen molar-refractivity contribution in [1.29, 1.82) is 0 Å². The number of hydrogen-bond acceptors (Lipinski definition) is 3. The van der Waals surface area contributed by atoms with Crippen molar-refractivity contribution < 1.29 is 0 Å². The summed E-state index contributed by atoms with van der Waals surface area (Å²) in [6.45, 7) is 2.14. The number of amidine groups is 1. The molecule has 0 amide bonds. The summed E-state index contributed by atoms with van der Waals surface area (Å²) >= 11 is 0. The van der Waals surface area contributed by atoms with Gasteiger partial charge < -0.3 is 5.73 Å². The average molecular weight is 237 g/mol. The zero-order valence-corrected chi connectivity index (χ0v) is 10.3. The topological polar surface area (TPSA) is 50.7 Å². The first-order chi connectivity index (χ1) is 8.75. The van der Waals surface area contributed by atoms with Crippen molar-refractivity contribution in [2.75, 3.05) is 0 Å². The summed E-state index contributed by atoms with van der Waals surface area (Å²) in [5.74, 6) is 0.930. The number of nitrogens with zero attached hydrogens (tertiary/aromatic N) is 2. The van der Waals surface area contributed by atoms with E-state index in [1.165, 1.54) is 10.8 Å². The van der Waals surface area contributed by atoms with Crippen molar-refractivity contribution in [2.24, 2.45) is 21.9 Å². The molecule has 1 heterocycles. The number of benzene rings is 2. The first-order valence-corrected chi connectivity index (χ1v) is 6.14. The van der Waals surface area contributed by atoms with Crippen LogP contribution in [-0.2, 0) is 0 Å². The van der Waals surface area contributed by atoms with Crippen molar-refractivity contribution >= 4 is 22.3 Å². The van der Waals surface area contributed by atoms with E-state index >= 15 is 0 Å². The van der Waals surface area contributed by atoms with Crippen LogP contribution >= 0.6 is 0 Å². The van der Waals surface area contributed by atoms with E-state index in [0.717, 1.165) is 17.7 Å². The molecule has 1 aliphatic heterocycles. The van der Waals surface area contributed by atoms with E-state index in [-0.39, 0.29) is 0 Å². The molecule has 90 valence electrons. The maximum absolute atomic E-state index is 5.72. The Labute approximate surface area is 106 Å². The molecule has 3 rings (SSSR count). The first-order valence-electron chi connectivity index (χ1n) is 6.14. The highest BCUT2D eigenvalue weighted by molar-refractivity contribution is 6.13. The smallest absolute Gasteiger partial charge is 0.123 e. The Morgan fingerprint density at radius 3 is 2.67 bits per heavy atom. The van der Waals surface area contributed by atoms with Gasteiger partial charge in [-0.25, -0.2) is 0 Å². The van der Waals surface area contributed by atoms with Crippen LogP contribution in [0.25, 0.3) is 10.8 Å². The maximum atomic E-state index is 5.72. The molecule has 3 nitrogen and oxygen atoms in total. The van der Waals surface area contributed by atoms with Crippen LogP contribution in [0.4, 0.5) is 0 Å². The van der Waals surface area contributed by atoms with Gasteiger partial charge >= 0.3 is 0 Å². The van der Waals surface area contributed by atoms with Crippen LogP contribution in [0.5, 0.6) is 0 Å². The molecule has 0 fully saturated rings. The van der Waals surface area contributed by atoms with Crippen molar-refractivity contribution in [3.8, 4) is 0 Å². The SMILES string of the molecule is CC1CC(N)=NN=C1c1cccc2ccccc12. The number of fused-ring (bicyclic) bond motifs is 1. The van der Waals surface area contributed by atoms with E-state index in [1.54, 1.807) is 0 Å². The molecule has 1 aliphatic rings. The van der Waals surface area contributed by atoms with Gasteiger partial charge in [-0.3, -0.25) is 0 Å². The second-order valence-electron chi connectivity index (χ2n) is 4.71. The predicted octanol–water partition coefficient (Wildman–Crippen LogP) is 2.94. The minimum Gasteiger partial charge on any atom is -0.386 e. The monoisotopic (exact) mass is 237 g/mol. The van der Waals surface area contributed by atoms with Crippen LogP contribution in [0.15, 0.2) is 52.7 Å². The third kappa shape index (κ3) is 1.78. The Balaban J connectivity index is 2.21. The third-order valence-corrected chi connectivity index (χ3v) is 3.33. The van der Waals surface area contributed by atoms with Gasteiger partial charge in [0.15, 0.2) is 0 Å². The highest BCUT2D eigenvalue weighted by Gasteiger charge is 2.19. The van der Waals surface area contributed by atoms with Gasteiger partial charge in [0.05, 0.1) is 5.71 Å². The van der Waals surface area contributed by atoms with Crippen molar-refractivity contribution in [3.05, 3.63) is 48.0 Å². The minimum absolute atomic E-state index is 0.313. The lowest BCUT2D eigenvalue weighted by Gasteiger charge is -2.18. The second kappa shape index (κ2) is 4.26. The molecule has 2 aromatic rings. The highest BCUT2D eigenvalue weighted by Crippen LogP contribution is 2.24. The molecule has 18 heavy (non-hydrogen) atoms. The average Bonchev–Trinajstić information content (AvgIpc) is 2.38. The van der Waals surface area contributed by atoms with Crippen LogP contribution in [0.3, 0.4) is 0 Å². The van der Waals surface area contributed by atoms with E-state index in [1.807, 2.05) is 6.07 Å². The predicted molar refractivity (Wildman–Crippen MR) is 75.9 cm³/mol. The maximum Gasteiger partial charge on any atom is 0.123 e. The van der Waals surface area contributed by atoms with E-state index < -0.39 is 0 Å². The summed E-state index contributed by atoms with van der Waals surface area (Å²) < 4.78 is 0. The van der Waals surface area contributed by atoms with Crippen LogP contribution in [0.1, 0.15) is 18.9 Å². The van der Waals surface area contributed by atoms with Crippen molar-refractivity contribution in [1.82, 2.24) is 0 Å². The minimum atomic E-state index is 0.313. The van der Waals surface area contributed by atoms with Gasteiger partial charge in [0.25, 0.3) is 0 Å². The Kier molecular flexibility index (Phi) is 2.59. The lowest BCUT2D eigenvalue weighted by atomic mass is 9.91. The molecule has 0 spiro atoms. The van der Waals surface area contributed by atoms with Gasteiger partial charge in [-0.1, -0.05) is 49.4 Å². The summed E-state index contributed by atoms with van der Waals surface area (Å²) in [7, 11) is 0. The second-order valence-corrected chi connectivity index (χ2v) is 4.71. The van der Waals surface area contributed by atoms with Gasteiger partial charge in [0.2, 0.25) is 0 Å². The third-order valence-electron chi connectivity index (χ3n) is 3.33. The summed E-state index contributed by atoms with van der Waals surface area (Å²) in [4.78, 5) is 0. The summed E-state index contributed by atoms with van der Waals surface area (Å²) in [6.07, 6.45) is 0.780. The number of rotatable bonds is 1. The normalized spacial score (nSPS) is 19.5. The molecular formula is C15H15N3. The van der Waals surface area contributed by atoms with Crippen molar-refractivity contribution in [2.45, 2.75) is 13.3 Å². The molecule has 0 saturated carbocycles. The van der Waals surface area contributed by atoms with Crippen LogP contribution in [0, 0.1) is 5.92 Å². The number of hydrogen-bond donors (Lipinski definition) is 1. The zero-order chi connectivity index (χ0) is 12.5. The quantitative estimate of drug-likeness (QED) is 0.814. The fourth-order valence-electron chi connectivity index (χ4n) is 2.44. The first kappa shape index (κ1) is 11.0. The van der Waals surface area contributed by atoms with E-state index in [4.69, 9.17) is 5.73 Å². The highest BCUT2D eigenvalue weighted by atomic mass is 15.2. The molecule has 1 atom stereocenters. The molecule has 0 saturated heterocycles. The standard InChI is InChI=1S/C15H15N3/c1-10-9-14(16)17-18-15(10)13-8-4-6-11-5-2-3-7-12(11)13/h2-8,10H,9H2,1H3,(H2,16,17). The Morgan fingerprint density at radius 2 is 1.83 bits per heavy atom. The molecule has 1 unspecified atom stereocenters.